The lowest BCUT2D eigenvalue weighted by Crippen LogP contribution is -2.47. The molecule has 1 fully saturated rings. The molecule has 0 unspecified atom stereocenters. The highest BCUT2D eigenvalue weighted by atomic mass is 16.2. The second-order valence-electron chi connectivity index (χ2n) is 3.94. The molecule has 0 spiro atoms. The third-order valence-electron chi connectivity index (χ3n) is 2.69. The van der Waals surface area contributed by atoms with E-state index in [2.05, 4.69) is 10.3 Å². The third kappa shape index (κ3) is 2.14. The Morgan fingerprint density at radius 2 is 2.06 bits per heavy atom. The average molecular weight is 221 g/mol. The first-order chi connectivity index (χ1) is 7.68. The van der Waals surface area contributed by atoms with E-state index >= 15 is 0 Å². The zero-order chi connectivity index (χ0) is 11.5. The standard InChI is InChI=1S/C11H15N3O2/c1-8-6-10(15)9(7-13-8)11(16)14-4-2-12-3-5-14/h6-7,12H,2-5H2,1H3,(H,13,15). The number of hydrogen-bond acceptors (Lipinski definition) is 3. The zero-order valence-electron chi connectivity index (χ0n) is 9.25. The number of aromatic amines is 1. The van der Waals surface area contributed by atoms with Gasteiger partial charge in [-0.15, -0.1) is 0 Å². The Kier molecular flexibility index (Phi) is 3.05. The van der Waals surface area contributed by atoms with Crippen LogP contribution in [-0.2, 0) is 0 Å². The van der Waals surface area contributed by atoms with E-state index in [1.54, 1.807) is 11.8 Å². The van der Waals surface area contributed by atoms with Crippen LogP contribution in [0.3, 0.4) is 0 Å². The quantitative estimate of drug-likeness (QED) is 0.686. The molecule has 0 aliphatic carbocycles. The fourth-order valence-electron chi connectivity index (χ4n) is 1.78. The maximum Gasteiger partial charge on any atom is 0.259 e. The van der Waals surface area contributed by atoms with Crippen molar-refractivity contribution in [2.45, 2.75) is 6.92 Å². The van der Waals surface area contributed by atoms with Crippen molar-refractivity contribution in [2.75, 3.05) is 26.2 Å². The Hall–Kier alpha value is -1.62. The molecule has 2 heterocycles. The molecule has 1 aromatic rings. The van der Waals surface area contributed by atoms with Crippen LogP contribution in [0.25, 0.3) is 0 Å². The van der Waals surface area contributed by atoms with E-state index in [4.69, 9.17) is 0 Å². The van der Waals surface area contributed by atoms with E-state index in [-0.39, 0.29) is 16.9 Å². The van der Waals surface area contributed by atoms with Gasteiger partial charge in [0.1, 0.15) is 5.56 Å². The third-order valence-corrected chi connectivity index (χ3v) is 2.69. The number of nitrogens with one attached hydrogen (secondary N) is 2. The smallest absolute Gasteiger partial charge is 0.259 e. The molecule has 1 aromatic heterocycles. The monoisotopic (exact) mass is 221 g/mol. The number of carbonyl (C=O) groups excluding carboxylic acids is 1. The molecule has 1 amide bonds. The molecule has 1 aliphatic rings. The van der Waals surface area contributed by atoms with E-state index in [0.29, 0.717) is 13.1 Å². The highest BCUT2D eigenvalue weighted by Gasteiger charge is 2.19. The predicted molar refractivity (Wildman–Crippen MR) is 60.6 cm³/mol. The first kappa shape index (κ1) is 10.9. The molecule has 16 heavy (non-hydrogen) atoms. The summed E-state index contributed by atoms with van der Waals surface area (Å²) in [4.78, 5) is 28.3. The van der Waals surface area contributed by atoms with Gasteiger partial charge in [0.05, 0.1) is 0 Å². The second-order valence-corrected chi connectivity index (χ2v) is 3.94. The number of piperazine rings is 1. The summed E-state index contributed by atoms with van der Waals surface area (Å²) in [5, 5.41) is 3.16. The minimum Gasteiger partial charge on any atom is -0.364 e. The molecule has 2 N–H and O–H groups in total. The van der Waals surface area contributed by atoms with Crippen LogP contribution in [0.15, 0.2) is 17.1 Å². The SMILES string of the molecule is Cc1cc(=O)c(C(=O)N2CCNCC2)c[nH]1. The van der Waals surface area contributed by atoms with Crippen LogP contribution in [0.2, 0.25) is 0 Å². The maximum atomic E-state index is 12.0. The van der Waals surface area contributed by atoms with Gasteiger partial charge >= 0.3 is 0 Å². The number of aromatic nitrogens is 1. The molecule has 0 atom stereocenters. The highest BCUT2D eigenvalue weighted by molar-refractivity contribution is 5.93. The van der Waals surface area contributed by atoms with Gasteiger partial charge in [0.25, 0.3) is 5.91 Å². The Labute approximate surface area is 93.5 Å². The van der Waals surface area contributed by atoms with Crippen molar-refractivity contribution in [1.29, 1.82) is 0 Å². The minimum absolute atomic E-state index is 0.178. The number of H-pyrrole nitrogens is 1. The first-order valence-electron chi connectivity index (χ1n) is 5.38. The lowest BCUT2D eigenvalue weighted by atomic mass is 10.2. The van der Waals surface area contributed by atoms with Gasteiger partial charge in [-0.2, -0.15) is 0 Å². The summed E-state index contributed by atoms with van der Waals surface area (Å²) in [6.45, 7) is 4.68. The summed E-state index contributed by atoms with van der Waals surface area (Å²) in [5.41, 5.74) is 0.786. The van der Waals surface area contributed by atoms with E-state index < -0.39 is 0 Å². The van der Waals surface area contributed by atoms with Crippen molar-refractivity contribution in [3.8, 4) is 0 Å². The van der Waals surface area contributed by atoms with Gasteiger partial charge < -0.3 is 15.2 Å². The van der Waals surface area contributed by atoms with Gasteiger partial charge in [0.2, 0.25) is 0 Å². The molecule has 5 nitrogen and oxygen atoms in total. The molecule has 5 heteroatoms. The van der Waals surface area contributed by atoms with Crippen LogP contribution in [0.1, 0.15) is 16.1 Å². The number of carbonyl (C=O) groups is 1. The summed E-state index contributed by atoms with van der Waals surface area (Å²) >= 11 is 0. The number of aryl methyl sites for hydroxylation is 1. The van der Waals surface area contributed by atoms with Crippen molar-refractivity contribution in [1.82, 2.24) is 15.2 Å². The average Bonchev–Trinajstić information content (AvgIpc) is 2.29. The number of nitrogens with zero attached hydrogens (tertiary/aromatic N) is 1. The van der Waals surface area contributed by atoms with Gasteiger partial charge in [-0.1, -0.05) is 0 Å². The van der Waals surface area contributed by atoms with Crippen molar-refractivity contribution in [2.24, 2.45) is 0 Å². The van der Waals surface area contributed by atoms with Gasteiger partial charge in [-0.3, -0.25) is 9.59 Å². The van der Waals surface area contributed by atoms with E-state index in [1.807, 2.05) is 0 Å². The Morgan fingerprint density at radius 1 is 1.38 bits per heavy atom. The van der Waals surface area contributed by atoms with E-state index in [0.717, 1.165) is 18.8 Å². The summed E-state index contributed by atoms with van der Waals surface area (Å²) < 4.78 is 0. The molecular weight excluding hydrogens is 206 g/mol. The lowest BCUT2D eigenvalue weighted by molar-refractivity contribution is 0.0734. The lowest BCUT2D eigenvalue weighted by Gasteiger charge is -2.27. The molecule has 0 radical (unpaired) electrons. The molecule has 1 saturated heterocycles. The van der Waals surface area contributed by atoms with E-state index in [1.165, 1.54) is 12.3 Å². The van der Waals surface area contributed by atoms with Gasteiger partial charge in [0.15, 0.2) is 5.43 Å². The molecule has 86 valence electrons. The van der Waals surface area contributed by atoms with Crippen molar-refractivity contribution < 1.29 is 4.79 Å². The summed E-state index contributed by atoms with van der Waals surface area (Å²) in [5.74, 6) is -0.178. The Morgan fingerprint density at radius 3 is 2.69 bits per heavy atom. The topological polar surface area (TPSA) is 65.2 Å². The normalized spacial score (nSPS) is 16.2. The summed E-state index contributed by atoms with van der Waals surface area (Å²) in [6.07, 6.45) is 1.50. The first-order valence-corrected chi connectivity index (χ1v) is 5.38. The largest absolute Gasteiger partial charge is 0.364 e. The Balaban J connectivity index is 2.23. The van der Waals surface area contributed by atoms with Crippen LogP contribution >= 0.6 is 0 Å². The van der Waals surface area contributed by atoms with Crippen LogP contribution < -0.4 is 10.7 Å². The number of pyridine rings is 1. The fraction of sp³-hybridized carbons (Fsp3) is 0.455. The maximum absolute atomic E-state index is 12.0. The molecule has 1 aliphatic heterocycles. The zero-order valence-corrected chi connectivity index (χ0v) is 9.25. The molecular formula is C11H15N3O2. The molecule has 0 aromatic carbocycles. The van der Waals surface area contributed by atoms with Crippen LogP contribution in [-0.4, -0.2) is 42.0 Å². The molecule has 0 saturated carbocycles. The van der Waals surface area contributed by atoms with Crippen LogP contribution in [0.5, 0.6) is 0 Å². The highest BCUT2D eigenvalue weighted by Crippen LogP contribution is 2.01. The van der Waals surface area contributed by atoms with Gasteiger partial charge in [-0.05, 0) is 6.92 Å². The van der Waals surface area contributed by atoms with Crippen LogP contribution in [0, 0.1) is 6.92 Å². The second kappa shape index (κ2) is 4.49. The van der Waals surface area contributed by atoms with Crippen molar-refractivity contribution in [3.63, 3.8) is 0 Å². The Bertz CT molecular complexity index is 447. The fourth-order valence-corrected chi connectivity index (χ4v) is 1.78. The number of hydrogen-bond donors (Lipinski definition) is 2. The van der Waals surface area contributed by atoms with Crippen molar-refractivity contribution >= 4 is 5.91 Å². The molecule has 2 rings (SSSR count). The summed E-state index contributed by atoms with van der Waals surface area (Å²) in [6, 6.07) is 1.45. The molecule has 0 bridgehead atoms. The predicted octanol–water partition coefficient (Wildman–Crippen LogP) is -0.271. The van der Waals surface area contributed by atoms with Crippen LogP contribution in [0.4, 0.5) is 0 Å². The number of amides is 1. The number of rotatable bonds is 1. The minimum atomic E-state index is -0.209. The summed E-state index contributed by atoms with van der Waals surface area (Å²) in [7, 11) is 0. The van der Waals surface area contributed by atoms with Crippen molar-refractivity contribution in [3.05, 3.63) is 33.7 Å². The van der Waals surface area contributed by atoms with Gasteiger partial charge in [0, 0.05) is 44.1 Å². The van der Waals surface area contributed by atoms with Gasteiger partial charge in [-0.25, -0.2) is 0 Å². The van der Waals surface area contributed by atoms with E-state index in [9.17, 15) is 9.59 Å².